The Morgan fingerprint density at radius 3 is 2.59 bits per heavy atom. The van der Waals surface area contributed by atoms with Crippen molar-refractivity contribution < 1.29 is 26.1 Å². The van der Waals surface area contributed by atoms with Crippen LogP contribution in [0.2, 0.25) is 0 Å². The van der Waals surface area contributed by atoms with E-state index in [4.69, 9.17) is 0 Å². The van der Waals surface area contributed by atoms with E-state index in [2.05, 4.69) is 34.6 Å². The van der Waals surface area contributed by atoms with Gasteiger partial charge in [-0.1, -0.05) is 5.16 Å². The van der Waals surface area contributed by atoms with Gasteiger partial charge in [0.2, 0.25) is 5.82 Å². The topological polar surface area (TPSA) is 128 Å². The van der Waals surface area contributed by atoms with Crippen LogP contribution < -0.4 is 4.90 Å². The lowest BCUT2D eigenvalue weighted by Crippen LogP contribution is -2.19. The van der Waals surface area contributed by atoms with Gasteiger partial charge in [-0.05, 0) is 12.1 Å². The minimum Gasteiger partial charge on any atom is -0.329 e. The molecule has 0 unspecified atom stereocenters. The van der Waals surface area contributed by atoms with E-state index in [-0.39, 0.29) is 23.2 Å². The highest BCUT2D eigenvalue weighted by Crippen LogP contribution is 2.33. The van der Waals surface area contributed by atoms with Crippen molar-refractivity contribution in [3.05, 3.63) is 53.9 Å². The van der Waals surface area contributed by atoms with Crippen molar-refractivity contribution in [2.24, 2.45) is 0 Å². The Kier molecular flexibility index (Phi) is 5.60. The molecule has 0 saturated heterocycles. The highest BCUT2D eigenvalue weighted by Gasteiger charge is 2.38. The average Bonchev–Trinajstić information content (AvgIpc) is 3.41. The Balaban J connectivity index is 1.67. The van der Waals surface area contributed by atoms with Crippen LogP contribution >= 0.6 is 11.3 Å². The molecule has 4 aromatic rings. The molecule has 0 aromatic carbocycles. The van der Waals surface area contributed by atoms with E-state index in [1.807, 2.05) is 0 Å². The number of hydrogen-bond donors (Lipinski definition) is 0. The van der Waals surface area contributed by atoms with E-state index < -0.39 is 21.9 Å². The molecule has 0 aliphatic carbocycles. The zero-order chi connectivity index (χ0) is 22.9. The number of anilines is 2. The van der Waals surface area contributed by atoms with Crippen molar-refractivity contribution in [2.45, 2.75) is 17.7 Å². The van der Waals surface area contributed by atoms with Crippen molar-refractivity contribution in [1.29, 1.82) is 0 Å². The predicted molar refractivity (Wildman–Crippen MR) is 106 cm³/mol. The van der Waals surface area contributed by atoms with Crippen molar-refractivity contribution in [2.75, 3.05) is 11.2 Å². The second-order valence-electron chi connectivity index (χ2n) is 6.32. The second-order valence-corrected chi connectivity index (χ2v) is 9.45. The van der Waals surface area contributed by atoms with E-state index in [1.165, 1.54) is 24.7 Å². The molecular weight excluding hydrogens is 471 g/mol. The molecule has 15 heteroatoms. The van der Waals surface area contributed by atoms with Gasteiger partial charge >= 0.3 is 12.1 Å². The third kappa shape index (κ3) is 4.72. The summed E-state index contributed by atoms with van der Waals surface area (Å²) in [5.41, 5.74) is 0. The van der Waals surface area contributed by atoms with Gasteiger partial charge in [-0.3, -0.25) is 4.98 Å². The molecule has 0 fully saturated rings. The molecule has 0 aliphatic rings. The fourth-order valence-electron chi connectivity index (χ4n) is 2.57. The van der Waals surface area contributed by atoms with Gasteiger partial charge in [-0.2, -0.15) is 18.2 Å². The maximum absolute atomic E-state index is 12.7. The highest BCUT2D eigenvalue weighted by molar-refractivity contribution is 7.90. The van der Waals surface area contributed by atoms with Crippen LogP contribution in [-0.4, -0.2) is 44.8 Å². The van der Waals surface area contributed by atoms with Crippen LogP contribution in [0.1, 0.15) is 10.8 Å². The first kappa shape index (κ1) is 21.8. The van der Waals surface area contributed by atoms with E-state index in [0.717, 1.165) is 23.9 Å². The summed E-state index contributed by atoms with van der Waals surface area (Å²) in [6, 6.07) is 4.53. The molecule has 4 heterocycles. The molecule has 0 radical (unpaired) electrons. The Hall–Kier alpha value is -3.46. The first-order valence-corrected chi connectivity index (χ1v) is 11.4. The molecule has 166 valence electrons. The van der Waals surface area contributed by atoms with Crippen molar-refractivity contribution in [1.82, 2.24) is 30.1 Å². The number of rotatable bonds is 6. The van der Waals surface area contributed by atoms with Gasteiger partial charge in [-0.15, -0.1) is 11.3 Å². The normalized spacial score (nSPS) is 12.1. The highest BCUT2D eigenvalue weighted by atomic mass is 32.2. The first-order valence-electron chi connectivity index (χ1n) is 8.67. The van der Waals surface area contributed by atoms with Gasteiger partial charge < -0.3 is 9.42 Å². The van der Waals surface area contributed by atoms with E-state index in [0.29, 0.717) is 15.6 Å². The molecular formula is C17H12F3N7O3S2. The summed E-state index contributed by atoms with van der Waals surface area (Å²) in [5.74, 6) is -1.01. The first-order chi connectivity index (χ1) is 15.1. The minimum absolute atomic E-state index is 0.160. The monoisotopic (exact) mass is 483 g/mol. The molecule has 0 amide bonds. The fourth-order valence-corrected chi connectivity index (χ4v) is 4.05. The van der Waals surface area contributed by atoms with Gasteiger partial charge in [0, 0.05) is 29.6 Å². The molecule has 0 atom stereocenters. The maximum Gasteiger partial charge on any atom is 0.471 e. The van der Waals surface area contributed by atoms with Crippen LogP contribution in [0, 0.1) is 0 Å². The lowest BCUT2D eigenvalue weighted by Gasteiger charge is -2.21. The number of nitrogens with zero attached hydrogens (tertiary/aromatic N) is 7. The minimum atomic E-state index is -4.74. The summed E-state index contributed by atoms with van der Waals surface area (Å²) in [7, 11) is -3.59. The molecule has 0 aliphatic heterocycles. The number of sulfone groups is 1. The number of aromatic nitrogens is 6. The quantitative estimate of drug-likeness (QED) is 0.377. The van der Waals surface area contributed by atoms with E-state index in [9.17, 15) is 21.6 Å². The van der Waals surface area contributed by atoms with Crippen molar-refractivity contribution >= 4 is 32.8 Å². The Bertz CT molecular complexity index is 1340. The van der Waals surface area contributed by atoms with E-state index >= 15 is 0 Å². The number of halogens is 3. The molecule has 32 heavy (non-hydrogen) atoms. The SMILES string of the molecule is CS(=O)(=O)c1cc(N(Cc2ccc(-c3noc(C(F)(F)F)n3)s2)c2cnccn2)ncn1. The number of hydrogen-bond acceptors (Lipinski definition) is 11. The third-order valence-electron chi connectivity index (χ3n) is 3.97. The van der Waals surface area contributed by atoms with Gasteiger partial charge in [-0.25, -0.2) is 23.4 Å². The second kappa shape index (κ2) is 8.23. The van der Waals surface area contributed by atoms with E-state index in [1.54, 1.807) is 17.0 Å². The maximum atomic E-state index is 12.7. The Morgan fingerprint density at radius 1 is 1.12 bits per heavy atom. The van der Waals surface area contributed by atoms with Crippen LogP contribution in [0.5, 0.6) is 0 Å². The Labute approximate surface area is 182 Å². The lowest BCUT2D eigenvalue weighted by atomic mass is 10.3. The molecule has 0 spiro atoms. The smallest absolute Gasteiger partial charge is 0.329 e. The molecule has 10 nitrogen and oxygen atoms in total. The zero-order valence-electron chi connectivity index (χ0n) is 16.1. The summed E-state index contributed by atoms with van der Waals surface area (Å²) >= 11 is 1.13. The third-order valence-corrected chi connectivity index (χ3v) is 6.02. The number of alkyl halides is 3. The summed E-state index contributed by atoms with van der Waals surface area (Å²) in [4.78, 5) is 22.2. The summed E-state index contributed by atoms with van der Waals surface area (Å²) in [6.45, 7) is 0.160. The molecule has 0 N–H and O–H groups in total. The van der Waals surface area contributed by atoms with Crippen molar-refractivity contribution in [3.63, 3.8) is 0 Å². The van der Waals surface area contributed by atoms with Crippen LogP contribution in [0.3, 0.4) is 0 Å². The summed E-state index contributed by atoms with van der Waals surface area (Å²) in [5, 5.41) is 3.21. The van der Waals surface area contributed by atoms with Gasteiger partial charge in [0.25, 0.3) is 0 Å². The van der Waals surface area contributed by atoms with Crippen molar-refractivity contribution in [3.8, 4) is 10.7 Å². The number of thiophene rings is 1. The van der Waals surface area contributed by atoms with Crippen LogP contribution in [-0.2, 0) is 22.6 Å². The van der Waals surface area contributed by atoms with Gasteiger partial charge in [0.15, 0.2) is 20.7 Å². The molecule has 0 bridgehead atoms. The lowest BCUT2D eigenvalue weighted by molar-refractivity contribution is -0.159. The van der Waals surface area contributed by atoms with Gasteiger partial charge in [0.1, 0.15) is 12.1 Å². The predicted octanol–water partition coefficient (Wildman–Crippen LogP) is 3.14. The molecule has 0 saturated carbocycles. The largest absolute Gasteiger partial charge is 0.471 e. The van der Waals surface area contributed by atoms with Gasteiger partial charge in [0.05, 0.1) is 17.6 Å². The summed E-state index contributed by atoms with van der Waals surface area (Å²) in [6.07, 6.45) is 1.80. The summed E-state index contributed by atoms with van der Waals surface area (Å²) < 4.78 is 66.2. The van der Waals surface area contributed by atoms with Crippen LogP contribution in [0.4, 0.5) is 24.8 Å². The average molecular weight is 483 g/mol. The molecule has 4 aromatic heterocycles. The van der Waals surface area contributed by atoms with Crippen LogP contribution in [0.25, 0.3) is 10.7 Å². The Morgan fingerprint density at radius 2 is 1.94 bits per heavy atom. The van der Waals surface area contributed by atoms with Crippen LogP contribution in [0.15, 0.2) is 52.7 Å². The zero-order valence-corrected chi connectivity index (χ0v) is 17.7. The standard InChI is InChI=1S/C17H12F3N7O3S2/c1-32(28,29)14-6-12(23-9-24-14)27(13-7-21-4-5-22-13)8-10-2-3-11(31-10)15-25-16(30-26-15)17(18,19)20/h2-7,9H,8H2,1H3. The fraction of sp³-hybridized carbons (Fsp3) is 0.176. The molecule has 4 rings (SSSR count).